The summed E-state index contributed by atoms with van der Waals surface area (Å²) < 4.78 is 0. The Balaban J connectivity index is 2.15. The van der Waals surface area contributed by atoms with Crippen LogP contribution in [-0.4, -0.2) is 39.3 Å². The van der Waals surface area contributed by atoms with E-state index < -0.39 is 24.2 Å². The largest absolute Gasteiger partial charge is 0.386 e. The number of rotatable bonds is 4. The molecule has 0 aliphatic carbocycles. The van der Waals surface area contributed by atoms with Crippen molar-refractivity contribution in [2.24, 2.45) is 0 Å². The number of hydrogen-bond donors (Lipinski definition) is 6. The minimum absolute atomic E-state index is 0.271. The van der Waals surface area contributed by atoms with Crippen molar-refractivity contribution in [1.29, 1.82) is 0 Å². The number of amides is 1. The van der Waals surface area contributed by atoms with Crippen LogP contribution in [0.1, 0.15) is 25.5 Å². The molecular formula is C19H23N3O4. The van der Waals surface area contributed by atoms with Crippen LogP contribution in [0.15, 0.2) is 48.5 Å². The number of anilines is 1. The second-order valence-corrected chi connectivity index (χ2v) is 6.62. The summed E-state index contributed by atoms with van der Waals surface area (Å²) in [6.45, 7) is 2.99. The summed E-state index contributed by atoms with van der Waals surface area (Å²) in [6, 6.07) is 14.8. The molecule has 1 saturated heterocycles. The molecule has 0 saturated carbocycles. The topological polar surface area (TPSA) is 114 Å². The Hall–Kier alpha value is -2.29. The first-order valence-electron chi connectivity index (χ1n) is 8.37. The van der Waals surface area contributed by atoms with Crippen molar-refractivity contribution >= 4 is 11.6 Å². The molecule has 0 aromatic heterocycles. The van der Waals surface area contributed by atoms with Gasteiger partial charge in [-0.3, -0.25) is 15.4 Å². The van der Waals surface area contributed by atoms with Crippen LogP contribution in [0.25, 0.3) is 11.1 Å². The number of aliphatic hydroxyl groups is 3. The van der Waals surface area contributed by atoms with Gasteiger partial charge in [0.05, 0.1) is 5.54 Å². The lowest BCUT2D eigenvalue weighted by molar-refractivity contribution is -0.114. The molecule has 4 atom stereocenters. The Labute approximate surface area is 151 Å². The van der Waals surface area contributed by atoms with E-state index in [0.717, 1.165) is 11.1 Å². The minimum Gasteiger partial charge on any atom is -0.386 e. The first-order chi connectivity index (χ1) is 12.3. The quantitative estimate of drug-likeness (QED) is 0.484. The van der Waals surface area contributed by atoms with Crippen LogP contribution in [0.2, 0.25) is 0 Å². The molecular weight excluding hydrogens is 334 g/mol. The Morgan fingerprint density at radius 3 is 2.42 bits per heavy atom. The Morgan fingerprint density at radius 2 is 1.85 bits per heavy atom. The van der Waals surface area contributed by atoms with Gasteiger partial charge in [0, 0.05) is 18.2 Å². The third-order valence-corrected chi connectivity index (χ3v) is 4.67. The summed E-state index contributed by atoms with van der Waals surface area (Å²) in [7, 11) is 0. The maximum Gasteiger partial charge on any atom is 0.221 e. The zero-order chi connectivity index (χ0) is 18.9. The molecule has 3 rings (SSSR count). The number of benzene rings is 2. The number of hydrogen-bond acceptors (Lipinski definition) is 6. The molecule has 0 spiro atoms. The van der Waals surface area contributed by atoms with Crippen LogP contribution in [0.4, 0.5) is 5.69 Å². The summed E-state index contributed by atoms with van der Waals surface area (Å²) in [4.78, 5) is 11.6. The lowest BCUT2D eigenvalue weighted by Gasteiger charge is -2.35. The van der Waals surface area contributed by atoms with E-state index in [-0.39, 0.29) is 5.91 Å². The monoisotopic (exact) mass is 357 g/mol. The van der Waals surface area contributed by atoms with Crippen molar-refractivity contribution in [2.45, 2.75) is 38.1 Å². The predicted octanol–water partition coefficient (Wildman–Crippen LogP) is 0.891. The lowest BCUT2D eigenvalue weighted by Crippen LogP contribution is -2.52. The maximum absolute atomic E-state index is 11.6. The van der Waals surface area contributed by atoms with E-state index in [4.69, 9.17) is 0 Å². The molecule has 1 fully saturated rings. The maximum atomic E-state index is 11.6. The summed E-state index contributed by atoms with van der Waals surface area (Å²) >= 11 is 0. The van der Waals surface area contributed by atoms with Crippen LogP contribution < -0.4 is 16.0 Å². The predicted molar refractivity (Wildman–Crippen MR) is 97.8 cm³/mol. The third kappa shape index (κ3) is 3.35. The first-order valence-corrected chi connectivity index (χ1v) is 8.37. The standard InChI is InChI=1S/C19H23N3O4/c1-11(23)20-14-10-6-9-13(12-7-4-3-5-8-12)15(14)16(24)19(2)17(25)21-18(26)22-19/h3-10,16-18,21-22,24-26H,1-2H3,(H,20,23). The van der Waals surface area contributed by atoms with Crippen molar-refractivity contribution in [1.82, 2.24) is 10.6 Å². The van der Waals surface area contributed by atoms with Crippen molar-refractivity contribution in [3.63, 3.8) is 0 Å². The van der Waals surface area contributed by atoms with Gasteiger partial charge in [0.2, 0.25) is 5.91 Å². The fourth-order valence-electron chi connectivity index (χ4n) is 3.29. The lowest BCUT2D eigenvalue weighted by atomic mass is 9.83. The molecule has 0 radical (unpaired) electrons. The third-order valence-electron chi connectivity index (χ3n) is 4.67. The van der Waals surface area contributed by atoms with E-state index in [1.165, 1.54) is 6.92 Å². The van der Waals surface area contributed by atoms with Gasteiger partial charge in [0.25, 0.3) is 0 Å². The molecule has 138 valence electrons. The second kappa shape index (κ2) is 7.14. The Bertz CT molecular complexity index is 799. The molecule has 1 aliphatic heterocycles. The highest BCUT2D eigenvalue weighted by atomic mass is 16.3. The van der Waals surface area contributed by atoms with Crippen molar-refractivity contribution in [3.8, 4) is 11.1 Å². The number of carbonyl (C=O) groups excluding carboxylic acids is 1. The van der Waals surface area contributed by atoms with Gasteiger partial charge in [-0.15, -0.1) is 0 Å². The molecule has 7 nitrogen and oxygen atoms in total. The van der Waals surface area contributed by atoms with Crippen LogP contribution in [-0.2, 0) is 4.79 Å². The van der Waals surface area contributed by atoms with Gasteiger partial charge < -0.3 is 20.6 Å². The van der Waals surface area contributed by atoms with Crippen LogP contribution in [0.5, 0.6) is 0 Å². The normalized spacial score (nSPS) is 26.5. The SMILES string of the molecule is CC(=O)Nc1cccc(-c2ccccc2)c1C(O)C1(C)NC(O)NC1O. The molecule has 0 bridgehead atoms. The molecule has 7 heteroatoms. The van der Waals surface area contributed by atoms with Gasteiger partial charge in [-0.2, -0.15) is 0 Å². The fraction of sp³-hybridized carbons (Fsp3) is 0.316. The molecule has 1 amide bonds. The Morgan fingerprint density at radius 1 is 1.15 bits per heavy atom. The van der Waals surface area contributed by atoms with Gasteiger partial charge in [0.15, 0.2) is 6.35 Å². The van der Waals surface area contributed by atoms with Gasteiger partial charge in [-0.05, 0) is 24.1 Å². The van der Waals surface area contributed by atoms with Crippen molar-refractivity contribution in [3.05, 3.63) is 54.1 Å². The van der Waals surface area contributed by atoms with Crippen molar-refractivity contribution in [2.75, 3.05) is 5.32 Å². The van der Waals surface area contributed by atoms with Gasteiger partial charge in [-0.1, -0.05) is 42.5 Å². The summed E-state index contributed by atoms with van der Waals surface area (Å²) in [5, 5.41) is 39.3. The molecule has 1 heterocycles. The zero-order valence-electron chi connectivity index (χ0n) is 14.6. The van der Waals surface area contributed by atoms with E-state index in [0.29, 0.717) is 11.3 Å². The number of aliphatic hydroxyl groups excluding tert-OH is 3. The molecule has 1 aliphatic rings. The highest BCUT2D eigenvalue weighted by Gasteiger charge is 2.48. The Kier molecular flexibility index (Phi) is 5.08. The van der Waals surface area contributed by atoms with E-state index in [1.54, 1.807) is 19.1 Å². The van der Waals surface area contributed by atoms with E-state index >= 15 is 0 Å². The fourth-order valence-corrected chi connectivity index (χ4v) is 3.29. The summed E-state index contributed by atoms with van der Waals surface area (Å²) in [5.74, 6) is -0.271. The molecule has 2 aromatic carbocycles. The average molecular weight is 357 g/mol. The van der Waals surface area contributed by atoms with Gasteiger partial charge in [-0.25, -0.2) is 0 Å². The smallest absolute Gasteiger partial charge is 0.221 e. The first kappa shape index (κ1) is 18.5. The van der Waals surface area contributed by atoms with Crippen LogP contribution in [0, 0.1) is 0 Å². The van der Waals surface area contributed by atoms with Gasteiger partial charge in [0.1, 0.15) is 12.3 Å². The number of carbonyl (C=O) groups is 1. The molecule has 2 aromatic rings. The second-order valence-electron chi connectivity index (χ2n) is 6.62. The summed E-state index contributed by atoms with van der Waals surface area (Å²) in [5.41, 5.74) is 1.22. The highest BCUT2D eigenvalue weighted by molar-refractivity contribution is 5.91. The van der Waals surface area contributed by atoms with E-state index in [9.17, 15) is 20.1 Å². The van der Waals surface area contributed by atoms with Crippen LogP contribution >= 0.6 is 0 Å². The van der Waals surface area contributed by atoms with Crippen LogP contribution in [0.3, 0.4) is 0 Å². The van der Waals surface area contributed by atoms with E-state index in [2.05, 4.69) is 16.0 Å². The number of nitrogens with one attached hydrogen (secondary N) is 3. The summed E-state index contributed by atoms with van der Waals surface area (Å²) in [6.07, 6.45) is -3.57. The molecule has 4 unspecified atom stereocenters. The molecule has 26 heavy (non-hydrogen) atoms. The van der Waals surface area contributed by atoms with Gasteiger partial charge >= 0.3 is 0 Å². The zero-order valence-corrected chi connectivity index (χ0v) is 14.6. The molecule has 6 N–H and O–H groups in total. The van der Waals surface area contributed by atoms with E-state index in [1.807, 2.05) is 36.4 Å². The highest BCUT2D eigenvalue weighted by Crippen LogP contribution is 2.40. The average Bonchev–Trinajstić information content (AvgIpc) is 2.87. The van der Waals surface area contributed by atoms with Crippen molar-refractivity contribution < 1.29 is 20.1 Å². The minimum atomic E-state index is -1.27.